The van der Waals surface area contributed by atoms with Crippen molar-refractivity contribution in [2.24, 2.45) is 16.8 Å². The van der Waals surface area contributed by atoms with Gasteiger partial charge in [-0.3, -0.25) is 0 Å². The van der Waals surface area contributed by atoms with Crippen LogP contribution in [0.15, 0.2) is 16.9 Å². The van der Waals surface area contributed by atoms with Crippen LogP contribution in [0.2, 0.25) is 0 Å². The molecule has 1 aliphatic carbocycles. The van der Waals surface area contributed by atoms with Gasteiger partial charge in [0.1, 0.15) is 12.7 Å². The van der Waals surface area contributed by atoms with Gasteiger partial charge in [-0.2, -0.15) is 0 Å². The third-order valence-electron chi connectivity index (χ3n) is 2.47. The normalized spacial score (nSPS) is 33.6. The van der Waals surface area contributed by atoms with Crippen molar-refractivity contribution in [3.8, 4) is 0 Å². The molecule has 0 aromatic rings. The van der Waals surface area contributed by atoms with Crippen LogP contribution in [0.3, 0.4) is 0 Å². The van der Waals surface area contributed by atoms with Gasteiger partial charge in [0.15, 0.2) is 0 Å². The molecule has 2 N–H and O–H groups in total. The van der Waals surface area contributed by atoms with E-state index in [-0.39, 0.29) is 4.59 Å². The summed E-state index contributed by atoms with van der Waals surface area (Å²) in [6.45, 7) is 0. The smallest absolute Gasteiger partial charge is 0.316 e. The number of carbonyl (C=O) groups excluding carboxylic acids is 1. The molecular weight excluding hydrogens is 154 g/mol. The van der Waals surface area contributed by atoms with E-state index < -0.39 is 6.03 Å². The first kappa shape index (κ1) is 7.49. The van der Waals surface area contributed by atoms with Crippen LogP contribution >= 0.6 is 0 Å². The molecule has 2 aliphatic rings. The Kier molecular flexibility index (Phi) is 1.35. The fourth-order valence-corrected chi connectivity index (χ4v) is 1.51. The van der Waals surface area contributed by atoms with Gasteiger partial charge in [-0.25, -0.2) is 4.79 Å². The van der Waals surface area contributed by atoms with Crippen LogP contribution in [0.25, 0.3) is 0 Å². The molecule has 0 spiro atoms. The van der Waals surface area contributed by atoms with Gasteiger partial charge in [0, 0.05) is 12.0 Å². The summed E-state index contributed by atoms with van der Waals surface area (Å²) in [7, 11) is 1.73. The molecule has 1 fully saturated rings. The largest absolute Gasteiger partial charge is 0.445 e. The predicted octanol–water partition coefficient (Wildman–Crippen LogP) is 0.805. The zero-order valence-electron chi connectivity index (χ0n) is 7.03. The summed E-state index contributed by atoms with van der Waals surface area (Å²) in [4.78, 5) is 11.1. The van der Waals surface area contributed by atoms with Crippen LogP contribution < -0.4 is 5.73 Å². The van der Waals surface area contributed by atoms with Gasteiger partial charge < -0.3 is 5.73 Å². The van der Waals surface area contributed by atoms with E-state index in [0.717, 1.165) is 18.5 Å². The number of nitrogens with two attached hydrogens (primary N) is 1. The van der Waals surface area contributed by atoms with E-state index in [4.69, 9.17) is 5.73 Å². The summed E-state index contributed by atoms with van der Waals surface area (Å²) in [6.07, 6.45) is 5.90. The second-order valence-corrected chi connectivity index (χ2v) is 3.43. The van der Waals surface area contributed by atoms with Crippen LogP contribution in [0.1, 0.15) is 12.8 Å². The molecule has 0 bridgehead atoms. The maximum Gasteiger partial charge on any atom is 0.445 e. The number of quaternary nitrogens is 1. The standard InChI is InChI=1S/C8H11N3O/c1-11(8(9)12)7(4-5-10-11)6-2-3-6/h4-6H,2-3H2,1H3,(H-,9,12)/p+1. The number of carbonyl (C=O) groups is 1. The number of nitrogens with zero attached hydrogens (tertiary/aromatic N) is 2. The number of allylic oxidation sites excluding steroid dienone is 2. The number of hydrogen-bond donors (Lipinski definition) is 1. The second-order valence-electron chi connectivity index (χ2n) is 3.43. The molecule has 0 saturated heterocycles. The van der Waals surface area contributed by atoms with Gasteiger partial charge in [0.2, 0.25) is 0 Å². The molecular formula is C8H12N3O+. The first-order valence-electron chi connectivity index (χ1n) is 4.07. The lowest BCUT2D eigenvalue weighted by molar-refractivity contribution is -0.795. The van der Waals surface area contributed by atoms with Crippen molar-refractivity contribution < 1.29 is 9.39 Å². The summed E-state index contributed by atoms with van der Waals surface area (Å²) in [5, 5.41) is 4.06. The van der Waals surface area contributed by atoms with E-state index in [1.165, 1.54) is 0 Å². The summed E-state index contributed by atoms with van der Waals surface area (Å²) >= 11 is 0. The quantitative estimate of drug-likeness (QED) is 0.576. The molecule has 0 radical (unpaired) electrons. The predicted molar refractivity (Wildman–Crippen MR) is 45.1 cm³/mol. The van der Waals surface area contributed by atoms with Gasteiger partial charge in [-0.1, -0.05) is 9.69 Å². The molecule has 64 valence electrons. The summed E-state index contributed by atoms with van der Waals surface area (Å²) in [6, 6.07) is -0.401. The highest BCUT2D eigenvalue weighted by Crippen LogP contribution is 2.42. The molecule has 12 heavy (non-hydrogen) atoms. The van der Waals surface area contributed by atoms with Gasteiger partial charge in [0.05, 0.1) is 6.21 Å². The minimum atomic E-state index is -0.401. The molecule has 1 unspecified atom stereocenters. The van der Waals surface area contributed by atoms with Crippen LogP contribution in [-0.2, 0) is 0 Å². The molecule has 1 saturated carbocycles. The average molecular weight is 166 g/mol. The lowest BCUT2D eigenvalue weighted by atomic mass is 10.2. The van der Waals surface area contributed by atoms with E-state index in [9.17, 15) is 4.79 Å². The number of rotatable bonds is 1. The molecule has 0 aromatic carbocycles. The SMILES string of the molecule is C[N+]1(C(N)=O)N=CC=C1C1CC1. The van der Waals surface area contributed by atoms with Crippen LogP contribution in [-0.4, -0.2) is 23.9 Å². The molecule has 1 atom stereocenters. The number of primary amides is 1. The van der Waals surface area contributed by atoms with Crippen molar-refractivity contribution in [2.45, 2.75) is 12.8 Å². The molecule has 1 aliphatic heterocycles. The fourth-order valence-electron chi connectivity index (χ4n) is 1.51. The zero-order valence-corrected chi connectivity index (χ0v) is 7.03. The first-order chi connectivity index (χ1) is 5.64. The molecule has 4 heteroatoms. The van der Waals surface area contributed by atoms with Gasteiger partial charge in [-0.05, 0) is 12.8 Å². The summed E-state index contributed by atoms with van der Waals surface area (Å²) in [5.74, 6) is 0.532. The Bertz CT molecular complexity index is 291. The van der Waals surface area contributed by atoms with Crippen molar-refractivity contribution in [3.63, 3.8) is 0 Å². The van der Waals surface area contributed by atoms with Gasteiger partial charge in [0.25, 0.3) is 0 Å². The highest BCUT2D eigenvalue weighted by atomic mass is 16.2. The third-order valence-corrected chi connectivity index (χ3v) is 2.47. The van der Waals surface area contributed by atoms with E-state index in [1.807, 2.05) is 6.08 Å². The number of amides is 2. The van der Waals surface area contributed by atoms with E-state index in [1.54, 1.807) is 13.3 Å². The van der Waals surface area contributed by atoms with Crippen LogP contribution in [0.4, 0.5) is 4.79 Å². The van der Waals surface area contributed by atoms with Crippen LogP contribution in [0, 0.1) is 5.92 Å². The zero-order chi connectivity index (χ0) is 8.77. The lowest BCUT2D eigenvalue weighted by Gasteiger charge is -2.20. The van der Waals surface area contributed by atoms with Crippen molar-refractivity contribution in [2.75, 3.05) is 7.05 Å². The minimum Gasteiger partial charge on any atom is -0.316 e. The number of urea groups is 1. The second kappa shape index (κ2) is 2.17. The van der Waals surface area contributed by atoms with E-state index >= 15 is 0 Å². The van der Waals surface area contributed by atoms with Crippen LogP contribution in [0.5, 0.6) is 0 Å². The molecule has 1 heterocycles. The van der Waals surface area contributed by atoms with E-state index in [2.05, 4.69) is 5.10 Å². The Morgan fingerprint density at radius 2 is 2.42 bits per heavy atom. The summed E-state index contributed by atoms with van der Waals surface area (Å²) in [5.41, 5.74) is 6.31. The highest BCUT2D eigenvalue weighted by Gasteiger charge is 2.46. The molecule has 4 nitrogen and oxygen atoms in total. The molecule has 2 rings (SSSR count). The summed E-state index contributed by atoms with van der Waals surface area (Å²) < 4.78 is -0.0648. The molecule has 0 aromatic heterocycles. The average Bonchev–Trinajstić information content (AvgIpc) is 2.76. The third kappa shape index (κ3) is 0.881. The van der Waals surface area contributed by atoms with Gasteiger partial charge >= 0.3 is 6.03 Å². The molecule has 2 amide bonds. The Balaban J connectivity index is 2.30. The lowest BCUT2D eigenvalue weighted by Crippen LogP contribution is -2.46. The monoisotopic (exact) mass is 166 g/mol. The van der Waals surface area contributed by atoms with E-state index in [0.29, 0.717) is 5.92 Å². The van der Waals surface area contributed by atoms with Crippen molar-refractivity contribution in [1.82, 2.24) is 0 Å². The maximum atomic E-state index is 11.1. The van der Waals surface area contributed by atoms with Crippen molar-refractivity contribution in [3.05, 3.63) is 11.8 Å². The minimum absolute atomic E-state index is 0.0648. The first-order valence-corrected chi connectivity index (χ1v) is 4.07. The van der Waals surface area contributed by atoms with Crippen molar-refractivity contribution >= 4 is 12.2 Å². The Morgan fingerprint density at radius 3 is 2.92 bits per heavy atom. The van der Waals surface area contributed by atoms with Gasteiger partial charge in [-0.15, -0.1) is 0 Å². The highest BCUT2D eigenvalue weighted by molar-refractivity contribution is 5.77. The number of hydrogen-bond acceptors (Lipinski definition) is 2. The van der Waals surface area contributed by atoms with Crippen molar-refractivity contribution in [1.29, 1.82) is 0 Å². The topological polar surface area (TPSA) is 55.5 Å². The Morgan fingerprint density at radius 1 is 1.75 bits per heavy atom. The maximum absolute atomic E-state index is 11.1. The Hall–Kier alpha value is -1.16. The Labute approximate surface area is 70.9 Å². The fraction of sp³-hybridized carbons (Fsp3) is 0.500.